The van der Waals surface area contributed by atoms with E-state index in [9.17, 15) is 9.59 Å². The van der Waals surface area contributed by atoms with Crippen molar-refractivity contribution in [3.8, 4) is 0 Å². The first kappa shape index (κ1) is 14.0. The van der Waals surface area contributed by atoms with Crippen molar-refractivity contribution in [2.24, 2.45) is 0 Å². The molecule has 2 aromatic heterocycles. The number of carboxylic acid groups (broad SMARTS) is 1. The highest BCUT2D eigenvalue weighted by molar-refractivity contribution is 7.99. The number of nitrogens with zero attached hydrogens (tertiary/aromatic N) is 2. The number of hydrogen-bond acceptors (Lipinski definition) is 5. The number of carboxylic acids is 1. The van der Waals surface area contributed by atoms with Crippen LogP contribution < -0.4 is 5.32 Å². The van der Waals surface area contributed by atoms with Gasteiger partial charge in [-0.1, -0.05) is 11.8 Å². The Morgan fingerprint density at radius 1 is 1.10 bits per heavy atom. The smallest absolute Gasteiger partial charge is 0.354 e. The molecule has 0 unspecified atom stereocenters. The molecule has 0 saturated heterocycles. The molecule has 0 bridgehead atoms. The van der Waals surface area contributed by atoms with Crippen molar-refractivity contribution in [1.29, 1.82) is 0 Å². The maximum absolute atomic E-state index is 11.5. The summed E-state index contributed by atoms with van der Waals surface area (Å²) < 4.78 is 0. The second-order valence-corrected chi connectivity index (χ2v) is 4.89. The van der Waals surface area contributed by atoms with E-state index in [0.717, 1.165) is 9.79 Å². The zero-order valence-corrected chi connectivity index (χ0v) is 11.3. The van der Waals surface area contributed by atoms with Crippen LogP contribution in [0.5, 0.6) is 0 Å². The molecule has 0 aliphatic carbocycles. The maximum Gasteiger partial charge on any atom is 0.354 e. The molecule has 6 nitrogen and oxygen atoms in total. The van der Waals surface area contributed by atoms with Crippen LogP contribution in [0.4, 0.5) is 0 Å². The monoisotopic (exact) mass is 289 g/mol. The van der Waals surface area contributed by atoms with E-state index in [-0.39, 0.29) is 11.6 Å². The van der Waals surface area contributed by atoms with Crippen LogP contribution in [0.15, 0.2) is 46.5 Å². The van der Waals surface area contributed by atoms with Crippen LogP contribution in [0.2, 0.25) is 0 Å². The zero-order valence-electron chi connectivity index (χ0n) is 10.5. The molecule has 2 aromatic rings. The van der Waals surface area contributed by atoms with Crippen LogP contribution >= 0.6 is 11.8 Å². The molecule has 0 atom stereocenters. The number of nitrogens with one attached hydrogen (secondary N) is 1. The third kappa shape index (κ3) is 3.33. The fraction of sp³-hybridized carbons (Fsp3) is 0.0769. The summed E-state index contributed by atoms with van der Waals surface area (Å²) in [6.07, 6.45) is 2.97. The fourth-order valence-corrected chi connectivity index (χ4v) is 2.33. The number of rotatable bonds is 4. The Morgan fingerprint density at radius 2 is 1.65 bits per heavy atom. The molecule has 2 heterocycles. The Kier molecular flexibility index (Phi) is 4.31. The van der Waals surface area contributed by atoms with Crippen molar-refractivity contribution < 1.29 is 14.7 Å². The first-order valence-corrected chi connectivity index (χ1v) is 6.47. The molecular formula is C13H11N3O3S. The fourth-order valence-electron chi connectivity index (χ4n) is 1.45. The second-order valence-electron chi connectivity index (χ2n) is 3.74. The molecule has 0 aliphatic rings. The van der Waals surface area contributed by atoms with Gasteiger partial charge in [0.25, 0.3) is 5.91 Å². The molecule has 1 amide bonds. The minimum Gasteiger partial charge on any atom is -0.477 e. The highest BCUT2D eigenvalue weighted by atomic mass is 32.2. The van der Waals surface area contributed by atoms with E-state index in [1.165, 1.54) is 37.3 Å². The second kappa shape index (κ2) is 6.16. The van der Waals surface area contributed by atoms with Gasteiger partial charge in [0.15, 0.2) is 0 Å². The van der Waals surface area contributed by atoms with Gasteiger partial charge in [0, 0.05) is 29.2 Å². The van der Waals surface area contributed by atoms with Crippen molar-refractivity contribution >= 4 is 23.6 Å². The van der Waals surface area contributed by atoms with E-state index < -0.39 is 5.97 Å². The molecule has 2 N–H and O–H groups in total. The molecule has 0 radical (unpaired) electrons. The molecule has 0 aromatic carbocycles. The quantitative estimate of drug-likeness (QED) is 0.889. The summed E-state index contributed by atoms with van der Waals surface area (Å²) in [6, 6.07) is 6.58. The van der Waals surface area contributed by atoms with E-state index in [0.29, 0.717) is 5.69 Å². The Hall–Kier alpha value is -2.41. The number of hydrogen-bond donors (Lipinski definition) is 2. The molecule has 0 aliphatic heterocycles. The first-order chi connectivity index (χ1) is 9.60. The van der Waals surface area contributed by atoms with Gasteiger partial charge in [0.1, 0.15) is 11.4 Å². The van der Waals surface area contributed by atoms with Gasteiger partial charge in [0.2, 0.25) is 0 Å². The SMILES string of the molecule is CNC(=O)c1cc(Sc2ccnc(C(=O)O)c2)ccn1. The van der Waals surface area contributed by atoms with Crippen molar-refractivity contribution in [2.75, 3.05) is 7.05 Å². The van der Waals surface area contributed by atoms with Crippen LogP contribution in [0, 0.1) is 0 Å². The lowest BCUT2D eigenvalue weighted by Gasteiger charge is -2.04. The third-order valence-corrected chi connectivity index (χ3v) is 3.36. The van der Waals surface area contributed by atoms with Crippen LogP contribution in [-0.4, -0.2) is 34.0 Å². The van der Waals surface area contributed by atoms with Gasteiger partial charge in [-0.3, -0.25) is 9.78 Å². The van der Waals surface area contributed by atoms with E-state index in [4.69, 9.17) is 5.11 Å². The molecule has 7 heteroatoms. The van der Waals surface area contributed by atoms with Gasteiger partial charge in [0.05, 0.1) is 0 Å². The molecular weight excluding hydrogens is 278 g/mol. The van der Waals surface area contributed by atoms with Crippen LogP contribution in [0.1, 0.15) is 21.0 Å². The zero-order chi connectivity index (χ0) is 14.5. The highest BCUT2D eigenvalue weighted by Crippen LogP contribution is 2.27. The van der Waals surface area contributed by atoms with Gasteiger partial charge >= 0.3 is 5.97 Å². The van der Waals surface area contributed by atoms with Gasteiger partial charge in [-0.15, -0.1) is 0 Å². The summed E-state index contributed by atoms with van der Waals surface area (Å²) >= 11 is 1.34. The van der Waals surface area contributed by atoms with E-state index in [1.807, 2.05) is 0 Å². The van der Waals surface area contributed by atoms with Crippen molar-refractivity contribution in [2.45, 2.75) is 9.79 Å². The Morgan fingerprint density at radius 3 is 2.20 bits per heavy atom. The number of carbonyl (C=O) groups excluding carboxylic acids is 1. The summed E-state index contributed by atoms with van der Waals surface area (Å²) in [5.74, 6) is -1.35. The first-order valence-electron chi connectivity index (χ1n) is 5.65. The lowest BCUT2D eigenvalue weighted by molar-refractivity contribution is 0.0690. The van der Waals surface area contributed by atoms with Crippen LogP contribution in [0.25, 0.3) is 0 Å². The van der Waals surface area contributed by atoms with Gasteiger partial charge < -0.3 is 10.4 Å². The summed E-state index contributed by atoms with van der Waals surface area (Å²) in [6.45, 7) is 0. The number of pyridine rings is 2. The Bertz CT molecular complexity index is 661. The summed E-state index contributed by atoms with van der Waals surface area (Å²) in [7, 11) is 1.53. The predicted octanol–water partition coefficient (Wildman–Crippen LogP) is 1.69. The minimum absolute atomic E-state index is 0.0180. The normalized spacial score (nSPS) is 10.1. The number of aromatic carboxylic acids is 1. The summed E-state index contributed by atoms with van der Waals surface area (Å²) in [5.41, 5.74) is 0.292. The Labute approximate surface area is 119 Å². The molecule has 0 fully saturated rings. The third-order valence-electron chi connectivity index (χ3n) is 2.38. The largest absolute Gasteiger partial charge is 0.477 e. The van der Waals surface area contributed by atoms with E-state index in [1.54, 1.807) is 18.2 Å². The molecule has 0 saturated carbocycles. The lowest BCUT2D eigenvalue weighted by atomic mass is 10.3. The Balaban J connectivity index is 2.24. The number of aromatic nitrogens is 2. The summed E-state index contributed by atoms with van der Waals surface area (Å²) in [4.78, 5) is 31.6. The predicted molar refractivity (Wildman–Crippen MR) is 72.9 cm³/mol. The molecule has 0 spiro atoms. The van der Waals surface area contributed by atoms with Crippen molar-refractivity contribution in [3.63, 3.8) is 0 Å². The van der Waals surface area contributed by atoms with Crippen LogP contribution in [0.3, 0.4) is 0 Å². The number of carbonyl (C=O) groups is 2. The standard InChI is InChI=1S/C13H11N3O3S/c1-14-12(17)10-6-8(2-4-15-10)20-9-3-5-16-11(7-9)13(18)19/h2-7H,1H3,(H,14,17)(H,18,19). The van der Waals surface area contributed by atoms with Gasteiger partial charge in [-0.25, -0.2) is 9.78 Å². The molecule has 2 rings (SSSR count). The minimum atomic E-state index is -1.08. The molecule has 102 valence electrons. The van der Waals surface area contributed by atoms with E-state index >= 15 is 0 Å². The lowest BCUT2D eigenvalue weighted by Crippen LogP contribution is -2.18. The topological polar surface area (TPSA) is 92.2 Å². The highest BCUT2D eigenvalue weighted by Gasteiger charge is 2.08. The number of amides is 1. The maximum atomic E-state index is 11.5. The average Bonchev–Trinajstić information content (AvgIpc) is 2.47. The molecule has 20 heavy (non-hydrogen) atoms. The summed E-state index contributed by atoms with van der Waals surface area (Å²) in [5, 5.41) is 11.4. The average molecular weight is 289 g/mol. The van der Waals surface area contributed by atoms with Crippen LogP contribution in [-0.2, 0) is 0 Å². The van der Waals surface area contributed by atoms with Gasteiger partial charge in [-0.05, 0) is 24.3 Å². The van der Waals surface area contributed by atoms with Crippen molar-refractivity contribution in [1.82, 2.24) is 15.3 Å². The van der Waals surface area contributed by atoms with Crippen molar-refractivity contribution in [3.05, 3.63) is 48.0 Å². The van der Waals surface area contributed by atoms with E-state index in [2.05, 4.69) is 15.3 Å². The van der Waals surface area contributed by atoms with Gasteiger partial charge in [-0.2, -0.15) is 0 Å².